The number of alkyl halides is 2. The van der Waals surface area contributed by atoms with Crippen molar-refractivity contribution in [3.05, 3.63) is 42.0 Å². The minimum absolute atomic E-state index is 0.0749. The van der Waals surface area contributed by atoms with E-state index in [1.54, 1.807) is 12.1 Å². The highest BCUT2D eigenvalue weighted by Gasteiger charge is 2.21. The lowest BCUT2D eigenvalue weighted by atomic mass is 10.1. The first kappa shape index (κ1) is 22.1. The van der Waals surface area contributed by atoms with Crippen molar-refractivity contribution >= 4 is 21.4 Å². The largest absolute Gasteiger partial charge is 0.493 e. The van der Waals surface area contributed by atoms with Gasteiger partial charge in [-0.05, 0) is 43.8 Å². The summed E-state index contributed by atoms with van der Waals surface area (Å²) >= 11 is 0. The number of methoxy groups -OCH3 is 1. The normalized spacial score (nSPS) is 15.3. The van der Waals surface area contributed by atoms with Crippen LogP contribution < -0.4 is 19.1 Å². The minimum Gasteiger partial charge on any atom is -0.493 e. The molecular weight excluding hydrogens is 416 g/mol. The van der Waals surface area contributed by atoms with Gasteiger partial charge in [-0.15, -0.1) is 0 Å². The van der Waals surface area contributed by atoms with Crippen LogP contribution in [0.4, 0.5) is 20.2 Å². The van der Waals surface area contributed by atoms with Crippen LogP contribution in [0.25, 0.3) is 0 Å². The third kappa shape index (κ3) is 5.11. The van der Waals surface area contributed by atoms with Crippen LogP contribution in [0.3, 0.4) is 0 Å². The van der Waals surface area contributed by atoms with Crippen molar-refractivity contribution in [3.8, 4) is 11.5 Å². The third-order valence-corrected chi connectivity index (χ3v) is 6.35. The number of rotatable bonds is 7. The van der Waals surface area contributed by atoms with Crippen molar-refractivity contribution in [1.82, 2.24) is 4.90 Å². The summed E-state index contributed by atoms with van der Waals surface area (Å²) in [6.45, 7) is 2.28. The molecule has 0 spiro atoms. The Kier molecular flexibility index (Phi) is 6.67. The zero-order valence-corrected chi connectivity index (χ0v) is 17.9. The lowest BCUT2D eigenvalue weighted by molar-refractivity contribution is -0.0511. The molecule has 0 unspecified atom stereocenters. The fourth-order valence-corrected chi connectivity index (χ4v) is 4.36. The molecule has 1 aliphatic rings. The van der Waals surface area contributed by atoms with Gasteiger partial charge in [-0.2, -0.15) is 8.78 Å². The van der Waals surface area contributed by atoms with E-state index < -0.39 is 16.6 Å². The number of benzene rings is 2. The maximum atomic E-state index is 12.9. The van der Waals surface area contributed by atoms with Crippen molar-refractivity contribution in [2.45, 2.75) is 18.4 Å². The quantitative estimate of drug-likeness (QED) is 0.712. The standard InChI is InChI=1S/C20H25F2N3O4S/c1-14-4-6-16(13-17(14)25-10-8-24(2)9-11-25)30(26,27)23-15-5-7-18(28-3)19(12-15)29-20(21)22/h4-7,12-13,20,23H,8-11H2,1-3H3. The number of sulfonamides is 1. The molecule has 0 atom stereocenters. The van der Waals surface area contributed by atoms with Crippen molar-refractivity contribution in [2.24, 2.45) is 0 Å². The SMILES string of the molecule is COc1ccc(NS(=O)(=O)c2ccc(C)c(N3CCN(C)CC3)c2)cc1OC(F)F. The molecule has 30 heavy (non-hydrogen) atoms. The molecule has 1 heterocycles. The van der Waals surface area contributed by atoms with Gasteiger partial charge in [-0.1, -0.05) is 6.07 Å². The highest BCUT2D eigenvalue weighted by molar-refractivity contribution is 7.92. The van der Waals surface area contributed by atoms with Gasteiger partial charge < -0.3 is 19.3 Å². The van der Waals surface area contributed by atoms with Crippen LogP contribution in [-0.2, 0) is 10.0 Å². The predicted octanol–water partition coefficient (Wildman–Crippen LogP) is 3.16. The van der Waals surface area contributed by atoms with Crippen LogP contribution in [0.2, 0.25) is 0 Å². The van der Waals surface area contributed by atoms with Gasteiger partial charge in [0.25, 0.3) is 10.0 Å². The summed E-state index contributed by atoms with van der Waals surface area (Å²) in [7, 11) is -0.577. The van der Waals surface area contributed by atoms with E-state index >= 15 is 0 Å². The Hall–Kier alpha value is -2.59. The number of halogens is 2. The van der Waals surface area contributed by atoms with Crippen LogP contribution >= 0.6 is 0 Å². The molecule has 1 saturated heterocycles. The molecule has 0 amide bonds. The third-order valence-electron chi connectivity index (χ3n) is 4.97. The van der Waals surface area contributed by atoms with E-state index in [0.717, 1.165) is 43.5 Å². The predicted molar refractivity (Wildman–Crippen MR) is 111 cm³/mol. The van der Waals surface area contributed by atoms with E-state index in [4.69, 9.17) is 4.74 Å². The molecule has 3 rings (SSSR count). The number of nitrogens with zero attached hydrogens (tertiary/aromatic N) is 2. The van der Waals surface area contributed by atoms with Crippen molar-refractivity contribution in [1.29, 1.82) is 0 Å². The summed E-state index contributed by atoms with van der Waals surface area (Å²) in [5, 5.41) is 0. The van der Waals surface area contributed by atoms with E-state index in [1.807, 2.05) is 6.92 Å². The molecule has 0 saturated carbocycles. The second kappa shape index (κ2) is 9.05. The molecule has 1 aliphatic heterocycles. The highest BCUT2D eigenvalue weighted by Crippen LogP contribution is 2.33. The highest BCUT2D eigenvalue weighted by atomic mass is 32.2. The van der Waals surface area contributed by atoms with Gasteiger partial charge in [0, 0.05) is 37.9 Å². The Bertz CT molecular complexity index is 994. The monoisotopic (exact) mass is 441 g/mol. The van der Waals surface area contributed by atoms with Crippen LogP contribution in [0.5, 0.6) is 11.5 Å². The Balaban J connectivity index is 1.86. The van der Waals surface area contributed by atoms with Gasteiger partial charge in [-0.25, -0.2) is 8.42 Å². The molecule has 0 radical (unpaired) electrons. The van der Waals surface area contributed by atoms with Crippen LogP contribution in [0, 0.1) is 6.92 Å². The fraction of sp³-hybridized carbons (Fsp3) is 0.400. The first-order chi connectivity index (χ1) is 14.2. The smallest absolute Gasteiger partial charge is 0.387 e. The second-order valence-electron chi connectivity index (χ2n) is 7.09. The Labute approximate surface area is 175 Å². The molecule has 0 aliphatic carbocycles. The summed E-state index contributed by atoms with van der Waals surface area (Å²) in [6, 6.07) is 8.88. The molecule has 2 aromatic rings. The summed E-state index contributed by atoms with van der Waals surface area (Å²) < 4.78 is 62.9. The van der Waals surface area contributed by atoms with Gasteiger partial charge in [0.05, 0.1) is 17.7 Å². The molecule has 10 heteroatoms. The summed E-state index contributed by atoms with van der Waals surface area (Å²) in [5.41, 5.74) is 1.94. The number of aryl methyl sites for hydroxylation is 1. The van der Waals surface area contributed by atoms with Gasteiger partial charge in [-0.3, -0.25) is 4.72 Å². The molecule has 1 N–H and O–H groups in total. The average molecular weight is 442 g/mol. The zero-order valence-electron chi connectivity index (χ0n) is 17.1. The number of likely N-dealkylation sites (N-methyl/N-ethyl adjacent to an activating group) is 1. The van der Waals surface area contributed by atoms with Gasteiger partial charge in [0.15, 0.2) is 11.5 Å². The number of anilines is 2. The van der Waals surface area contributed by atoms with Gasteiger partial charge in [0.2, 0.25) is 0 Å². The molecule has 1 fully saturated rings. The summed E-state index contributed by atoms with van der Waals surface area (Å²) in [5.74, 6) is -0.180. The van der Waals surface area contributed by atoms with Crippen LogP contribution in [0.1, 0.15) is 5.56 Å². The number of hydrogen-bond donors (Lipinski definition) is 1. The summed E-state index contributed by atoms with van der Waals surface area (Å²) in [4.78, 5) is 4.47. The van der Waals surface area contributed by atoms with Crippen molar-refractivity contribution in [2.75, 3.05) is 50.0 Å². The first-order valence-corrected chi connectivity index (χ1v) is 10.9. The van der Waals surface area contributed by atoms with E-state index in [9.17, 15) is 17.2 Å². The topological polar surface area (TPSA) is 71.1 Å². The Morgan fingerprint density at radius 2 is 1.73 bits per heavy atom. The maximum Gasteiger partial charge on any atom is 0.387 e. The fourth-order valence-electron chi connectivity index (χ4n) is 3.29. The van der Waals surface area contributed by atoms with Gasteiger partial charge >= 0.3 is 6.61 Å². The Morgan fingerprint density at radius 3 is 2.37 bits per heavy atom. The van der Waals surface area contributed by atoms with Gasteiger partial charge in [0.1, 0.15) is 0 Å². The summed E-state index contributed by atoms with van der Waals surface area (Å²) in [6.07, 6.45) is 0. The first-order valence-electron chi connectivity index (χ1n) is 9.39. The van der Waals surface area contributed by atoms with E-state index in [1.165, 1.54) is 25.3 Å². The number of hydrogen-bond acceptors (Lipinski definition) is 6. The van der Waals surface area contributed by atoms with Crippen LogP contribution in [-0.4, -0.2) is 60.3 Å². The van der Waals surface area contributed by atoms with E-state index in [2.05, 4.69) is 26.3 Å². The molecule has 2 aromatic carbocycles. The molecular formula is C20H25F2N3O4S. The lowest BCUT2D eigenvalue weighted by Crippen LogP contribution is -2.44. The molecule has 164 valence electrons. The van der Waals surface area contributed by atoms with E-state index in [-0.39, 0.29) is 22.1 Å². The second-order valence-corrected chi connectivity index (χ2v) is 8.77. The average Bonchev–Trinajstić information content (AvgIpc) is 2.68. The minimum atomic E-state index is -3.94. The Morgan fingerprint density at radius 1 is 1.03 bits per heavy atom. The zero-order chi connectivity index (χ0) is 21.9. The van der Waals surface area contributed by atoms with Crippen LogP contribution in [0.15, 0.2) is 41.3 Å². The van der Waals surface area contributed by atoms with E-state index in [0.29, 0.717) is 0 Å². The lowest BCUT2D eigenvalue weighted by Gasteiger charge is -2.35. The van der Waals surface area contributed by atoms with Crippen molar-refractivity contribution in [3.63, 3.8) is 0 Å². The molecule has 0 bridgehead atoms. The number of piperazine rings is 1. The molecule has 0 aromatic heterocycles. The maximum absolute atomic E-state index is 12.9. The molecule has 7 nitrogen and oxygen atoms in total. The number of ether oxygens (including phenoxy) is 2. The van der Waals surface area contributed by atoms with Crippen molar-refractivity contribution < 1.29 is 26.7 Å². The number of nitrogens with one attached hydrogen (secondary N) is 1.